The number of hydrogen-bond donors (Lipinski definition) is 2. The molecule has 2 fully saturated rings. The van der Waals surface area contributed by atoms with Crippen LogP contribution in [0.1, 0.15) is 41.2 Å². The van der Waals surface area contributed by atoms with Crippen LogP contribution in [0, 0.1) is 0 Å². The molecule has 0 spiro atoms. The van der Waals surface area contributed by atoms with Crippen molar-refractivity contribution in [2.75, 3.05) is 18.1 Å². The highest BCUT2D eigenvalue weighted by Crippen LogP contribution is 2.44. The molecule has 2 heterocycles. The molecular formula is C16H18F3N3O5S. The van der Waals surface area contributed by atoms with E-state index in [-0.39, 0.29) is 23.8 Å². The van der Waals surface area contributed by atoms with Crippen LogP contribution >= 0.6 is 0 Å². The van der Waals surface area contributed by atoms with Crippen molar-refractivity contribution in [2.45, 2.75) is 36.9 Å². The number of nitrogens with one attached hydrogen (secondary N) is 1. The zero-order valence-corrected chi connectivity index (χ0v) is 15.4. The fourth-order valence-corrected chi connectivity index (χ4v) is 5.16. The molecule has 28 heavy (non-hydrogen) atoms. The Morgan fingerprint density at radius 2 is 1.96 bits per heavy atom. The van der Waals surface area contributed by atoms with Gasteiger partial charge in [-0.1, -0.05) is 0 Å². The Hall–Kier alpha value is -2.37. The van der Waals surface area contributed by atoms with Gasteiger partial charge in [0.05, 0.1) is 23.5 Å². The lowest BCUT2D eigenvalue weighted by Gasteiger charge is -2.40. The quantitative estimate of drug-likeness (QED) is 0.666. The molecule has 0 atom stereocenters. The zero-order chi connectivity index (χ0) is 20.7. The van der Waals surface area contributed by atoms with Crippen LogP contribution < -0.4 is 15.8 Å². The minimum absolute atomic E-state index is 0.0332. The summed E-state index contributed by atoms with van der Waals surface area (Å²) in [5, 5.41) is 2.44. The largest absolute Gasteiger partial charge is 0.484 e. The second-order valence-corrected chi connectivity index (χ2v) is 9.26. The number of carbonyl (C=O) groups is 2. The van der Waals surface area contributed by atoms with Crippen molar-refractivity contribution in [1.29, 1.82) is 0 Å². The minimum atomic E-state index is -4.54. The molecule has 2 amide bonds. The van der Waals surface area contributed by atoms with E-state index in [0.29, 0.717) is 5.56 Å². The number of carbonyl (C=O) groups excluding carboxylic acids is 2. The van der Waals surface area contributed by atoms with Gasteiger partial charge in [-0.15, -0.1) is 0 Å². The highest BCUT2D eigenvalue weighted by atomic mass is 32.2. The molecule has 8 nitrogen and oxygen atoms in total. The monoisotopic (exact) mass is 421 g/mol. The fraction of sp³-hybridized carbons (Fsp3) is 0.562. The Morgan fingerprint density at radius 3 is 2.46 bits per heavy atom. The number of hydrogen-bond acceptors (Lipinski definition) is 6. The number of aromatic nitrogens is 1. The van der Waals surface area contributed by atoms with Gasteiger partial charge in [-0.05, 0) is 18.8 Å². The number of alkyl halides is 3. The third-order valence-electron chi connectivity index (χ3n) is 4.42. The van der Waals surface area contributed by atoms with Crippen LogP contribution in [0.2, 0.25) is 0 Å². The van der Waals surface area contributed by atoms with E-state index in [1.807, 2.05) is 0 Å². The highest BCUT2D eigenvalue weighted by molar-refractivity contribution is 7.93. The van der Waals surface area contributed by atoms with Crippen LogP contribution in [0.15, 0.2) is 12.3 Å². The van der Waals surface area contributed by atoms with Gasteiger partial charge >= 0.3 is 6.18 Å². The second-order valence-electron chi connectivity index (χ2n) is 7.20. The van der Waals surface area contributed by atoms with Crippen molar-refractivity contribution in [3.63, 3.8) is 0 Å². The first kappa shape index (κ1) is 20.4. The molecule has 1 aromatic rings. The van der Waals surface area contributed by atoms with E-state index in [4.69, 9.17) is 10.5 Å². The van der Waals surface area contributed by atoms with Gasteiger partial charge in [0, 0.05) is 17.8 Å². The molecular weight excluding hydrogens is 403 g/mol. The molecule has 12 heteroatoms. The van der Waals surface area contributed by atoms with E-state index in [2.05, 4.69) is 10.3 Å². The summed E-state index contributed by atoms with van der Waals surface area (Å²) in [4.78, 5) is 27.7. The summed E-state index contributed by atoms with van der Waals surface area (Å²) in [6, 6.07) is 1.10. The average Bonchev–Trinajstić information content (AvgIpc) is 3.33. The van der Waals surface area contributed by atoms with E-state index in [1.54, 1.807) is 0 Å². The zero-order valence-electron chi connectivity index (χ0n) is 14.6. The molecule has 0 radical (unpaired) electrons. The number of pyridine rings is 1. The lowest BCUT2D eigenvalue weighted by molar-refractivity contribution is -0.153. The van der Waals surface area contributed by atoms with Gasteiger partial charge < -0.3 is 15.8 Å². The molecule has 3 rings (SSSR count). The average molecular weight is 421 g/mol. The molecule has 0 aromatic carbocycles. The summed E-state index contributed by atoms with van der Waals surface area (Å²) in [6.07, 6.45) is -2.06. The summed E-state index contributed by atoms with van der Waals surface area (Å²) in [7, 11) is -3.40. The predicted molar refractivity (Wildman–Crippen MR) is 90.4 cm³/mol. The summed E-state index contributed by atoms with van der Waals surface area (Å²) < 4.78 is 65.4. The first-order valence-corrected chi connectivity index (χ1v) is 10.2. The van der Waals surface area contributed by atoms with Crippen LogP contribution in [0.4, 0.5) is 13.2 Å². The van der Waals surface area contributed by atoms with E-state index >= 15 is 0 Å². The van der Waals surface area contributed by atoms with E-state index < -0.39 is 51.5 Å². The molecule has 1 aromatic heterocycles. The standard InChI is InChI=1S/C16H18F3N3O5S/c17-16(18,19)6-27-12-3-11(21-5-10(12)9-1-2-9)14(24)22-15(4-13(20)23)7-28(25,26)8-15/h3,5,9H,1-2,4,6-8H2,(H2,20,23)(H,22,24). The van der Waals surface area contributed by atoms with Crippen molar-refractivity contribution < 1.29 is 35.9 Å². The van der Waals surface area contributed by atoms with E-state index in [1.165, 1.54) is 6.20 Å². The van der Waals surface area contributed by atoms with Crippen molar-refractivity contribution in [3.05, 3.63) is 23.5 Å². The number of nitrogens with two attached hydrogens (primary N) is 1. The maximum Gasteiger partial charge on any atom is 0.422 e. The molecule has 154 valence electrons. The SMILES string of the molecule is NC(=O)CC1(NC(=O)c2cc(OCC(F)(F)F)c(C3CC3)cn2)CS(=O)(=O)C1. The number of amides is 2. The smallest absolute Gasteiger partial charge is 0.422 e. The number of nitrogens with zero attached hydrogens (tertiary/aromatic N) is 1. The first-order chi connectivity index (χ1) is 12.9. The van der Waals surface area contributed by atoms with Crippen molar-refractivity contribution in [3.8, 4) is 5.75 Å². The van der Waals surface area contributed by atoms with Gasteiger partial charge in [0.2, 0.25) is 5.91 Å². The van der Waals surface area contributed by atoms with Crippen LogP contribution in [-0.2, 0) is 14.6 Å². The highest BCUT2D eigenvalue weighted by Gasteiger charge is 2.50. The summed E-state index contributed by atoms with van der Waals surface area (Å²) in [5.74, 6) is -2.58. The number of sulfone groups is 1. The summed E-state index contributed by atoms with van der Waals surface area (Å²) >= 11 is 0. The van der Waals surface area contributed by atoms with Gasteiger partial charge in [-0.25, -0.2) is 8.42 Å². The van der Waals surface area contributed by atoms with Gasteiger partial charge in [0.1, 0.15) is 11.4 Å². The molecule has 1 saturated carbocycles. The maximum atomic E-state index is 12.5. The fourth-order valence-electron chi connectivity index (χ4n) is 3.21. The lowest BCUT2D eigenvalue weighted by Crippen LogP contribution is -2.66. The summed E-state index contributed by atoms with van der Waals surface area (Å²) in [5.41, 5.74) is 4.03. The van der Waals surface area contributed by atoms with Crippen molar-refractivity contribution >= 4 is 21.7 Å². The molecule has 1 aliphatic carbocycles. The molecule has 1 saturated heterocycles. The molecule has 2 aliphatic rings. The number of halogens is 3. The van der Waals surface area contributed by atoms with Gasteiger partial charge in [-0.2, -0.15) is 13.2 Å². The van der Waals surface area contributed by atoms with Crippen LogP contribution in [0.25, 0.3) is 0 Å². The first-order valence-electron chi connectivity index (χ1n) is 8.39. The maximum absolute atomic E-state index is 12.5. The van der Waals surface area contributed by atoms with E-state index in [9.17, 15) is 31.2 Å². The van der Waals surface area contributed by atoms with Crippen molar-refractivity contribution in [2.24, 2.45) is 5.73 Å². The third kappa shape index (κ3) is 4.91. The Morgan fingerprint density at radius 1 is 1.32 bits per heavy atom. The molecule has 0 unspecified atom stereocenters. The van der Waals surface area contributed by atoms with Crippen molar-refractivity contribution in [1.82, 2.24) is 10.3 Å². The Labute approximate surface area is 158 Å². The molecule has 0 bridgehead atoms. The van der Waals surface area contributed by atoms with E-state index in [0.717, 1.165) is 18.9 Å². The van der Waals surface area contributed by atoms with Gasteiger partial charge in [-0.3, -0.25) is 14.6 Å². The van der Waals surface area contributed by atoms with Gasteiger partial charge in [0.25, 0.3) is 5.91 Å². The van der Waals surface area contributed by atoms with Crippen LogP contribution in [0.5, 0.6) is 5.75 Å². The Bertz CT molecular complexity index is 901. The molecule has 1 aliphatic heterocycles. The predicted octanol–water partition coefficient (Wildman–Crippen LogP) is 0.672. The van der Waals surface area contributed by atoms with Crippen LogP contribution in [0.3, 0.4) is 0 Å². The normalized spacial score (nSPS) is 20.1. The summed E-state index contributed by atoms with van der Waals surface area (Å²) in [6.45, 7) is -1.51. The lowest BCUT2D eigenvalue weighted by atomic mass is 9.98. The second kappa shape index (κ2) is 6.90. The Kier molecular flexibility index (Phi) is 5.02. The number of rotatable bonds is 7. The number of ether oxygens (including phenoxy) is 1. The third-order valence-corrected chi connectivity index (χ3v) is 6.40. The van der Waals surface area contributed by atoms with Gasteiger partial charge in [0.15, 0.2) is 16.4 Å². The molecule has 3 N–H and O–H groups in total. The van der Waals surface area contributed by atoms with Crippen LogP contribution in [-0.4, -0.2) is 55.0 Å². The number of primary amides is 1. The topological polar surface area (TPSA) is 128 Å². The minimum Gasteiger partial charge on any atom is -0.484 e. The Balaban J connectivity index is 1.80.